The minimum Gasteiger partial charge on any atom is -0.478 e. The van der Waals surface area contributed by atoms with Crippen molar-refractivity contribution in [1.82, 2.24) is 4.90 Å². The molecular weight excluding hydrogens is 274 g/mol. The van der Waals surface area contributed by atoms with Gasteiger partial charge in [0.1, 0.15) is 5.69 Å². The van der Waals surface area contributed by atoms with E-state index in [2.05, 4.69) is 0 Å². The molecule has 21 heavy (non-hydrogen) atoms. The third-order valence-electron chi connectivity index (χ3n) is 2.91. The van der Waals surface area contributed by atoms with Gasteiger partial charge in [0.15, 0.2) is 0 Å². The lowest BCUT2D eigenvalue weighted by Gasteiger charge is -2.21. The van der Waals surface area contributed by atoms with Crippen molar-refractivity contribution in [2.45, 2.75) is 0 Å². The Hall–Kier alpha value is -2.41. The first kappa shape index (κ1) is 16.6. The van der Waals surface area contributed by atoms with E-state index in [0.717, 1.165) is 12.6 Å². The summed E-state index contributed by atoms with van der Waals surface area (Å²) in [6.07, 6.45) is 2.29. The Morgan fingerprint density at radius 2 is 2.00 bits per heavy atom. The predicted octanol–water partition coefficient (Wildman–Crippen LogP) is 1.69. The van der Waals surface area contributed by atoms with E-state index in [0.29, 0.717) is 17.8 Å². The van der Waals surface area contributed by atoms with E-state index in [4.69, 9.17) is 5.11 Å². The molecule has 0 radical (unpaired) electrons. The minimum absolute atomic E-state index is 0.0382. The molecule has 0 amide bonds. The number of rotatable bonds is 7. The fourth-order valence-electron chi connectivity index (χ4n) is 1.75. The number of likely N-dealkylation sites (N-methyl/N-ethyl adjacent to an activating group) is 2. The molecule has 1 rings (SSSR count). The van der Waals surface area contributed by atoms with Gasteiger partial charge in [-0.2, -0.15) is 0 Å². The number of carboxylic acid groups (broad SMARTS) is 1. The number of aliphatic carboxylic acids is 1. The molecule has 7 heteroatoms. The SMILES string of the molecule is CN(C)CCN(C)c1ccc(C=CC(=O)O)cc1[N+](=O)[O-]. The molecule has 0 aliphatic heterocycles. The van der Waals surface area contributed by atoms with Gasteiger partial charge in [-0.3, -0.25) is 10.1 Å². The Labute approximate surface area is 123 Å². The summed E-state index contributed by atoms with van der Waals surface area (Å²) >= 11 is 0. The topological polar surface area (TPSA) is 86.9 Å². The van der Waals surface area contributed by atoms with Crippen LogP contribution < -0.4 is 4.90 Å². The van der Waals surface area contributed by atoms with E-state index in [1.165, 1.54) is 12.1 Å². The molecule has 1 aromatic rings. The van der Waals surface area contributed by atoms with Crippen molar-refractivity contribution in [2.24, 2.45) is 0 Å². The molecule has 0 saturated carbocycles. The predicted molar refractivity (Wildman–Crippen MR) is 81.6 cm³/mol. The summed E-state index contributed by atoms with van der Waals surface area (Å²) in [5.41, 5.74) is 0.951. The van der Waals surface area contributed by atoms with Crippen molar-refractivity contribution in [3.63, 3.8) is 0 Å². The Morgan fingerprint density at radius 1 is 1.33 bits per heavy atom. The summed E-state index contributed by atoms with van der Waals surface area (Å²) in [4.78, 5) is 25.0. The van der Waals surface area contributed by atoms with Crippen LogP contribution >= 0.6 is 0 Å². The molecule has 0 atom stereocenters. The van der Waals surface area contributed by atoms with Gasteiger partial charge in [0.2, 0.25) is 0 Å². The van der Waals surface area contributed by atoms with Gasteiger partial charge in [-0.1, -0.05) is 6.07 Å². The van der Waals surface area contributed by atoms with Crippen LogP contribution in [-0.4, -0.2) is 55.1 Å². The van der Waals surface area contributed by atoms with Gasteiger partial charge in [-0.25, -0.2) is 4.79 Å². The quantitative estimate of drug-likeness (QED) is 0.467. The number of carbonyl (C=O) groups is 1. The normalized spacial score (nSPS) is 11.0. The number of hydrogen-bond donors (Lipinski definition) is 1. The zero-order valence-electron chi connectivity index (χ0n) is 12.3. The molecule has 0 unspecified atom stereocenters. The fraction of sp³-hybridized carbons (Fsp3) is 0.357. The zero-order chi connectivity index (χ0) is 16.0. The second-order valence-electron chi connectivity index (χ2n) is 4.90. The Bertz CT molecular complexity index is 555. The smallest absolute Gasteiger partial charge is 0.328 e. The van der Waals surface area contributed by atoms with E-state index in [1.54, 1.807) is 19.2 Å². The lowest BCUT2D eigenvalue weighted by Crippen LogP contribution is -2.28. The van der Waals surface area contributed by atoms with Crippen LogP contribution in [0.2, 0.25) is 0 Å². The summed E-state index contributed by atoms with van der Waals surface area (Å²) in [6, 6.07) is 4.67. The summed E-state index contributed by atoms with van der Waals surface area (Å²) in [6.45, 7) is 1.42. The van der Waals surface area contributed by atoms with Gasteiger partial charge in [0.25, 0.3) is 5.69 Å². The van der Waals surface area contributed by atoms with Gasteiger partial charge in [0, 0.05) is 32.3 Å². The maximum absolute atomic E-state index is 11.2. The highest BCUT2D eigenvalue weighted by Crippen LogP contribution is 2.28. The summed E-state index contributed by atoms with van der Waals surface area (Å²) < 4.78 is 0. The molecule has 0 aliphatic carbocycles. The summed E-state index contributed by atoms with van der Waals surface area (Å²) in [5.74, 6) is -1.09. The molecule has 1 aromatic carbocycles. The molecule has 0 aromatic heterocycles. The van der Waals surface area contributed by atoms with Gasteiger partial charge in [-0.05, 0) is 31.8 Å². The number of hydrogen-bond acceptors (Lipinski definition) is 5. The lowest BCUT2D eigenvalue weighted by molar-refractivity contribution is -0.384. The van der Waals surface area contributed by atoms with Crippen LogP contribution in [0.5, 0.6) is 0 Å². The monoisotopic (exact) mass is 293 g/mol. The van der Waals surface area contributed by atoms with Crippen LogP contribution in [0.25, 0.3) is 6.08 Å². The maximum atomic E-state index is 11.2. The molecule has 114 valence electrons. The van der Waals surface area contributed by atoms with E-state index in [1.807, 2.05) is 23.9 Å². The average Bonchev–Trinajstić information content (AvgIpc) is 2.42. The number of benzene rings is 1. The van der Waals surface area contributed by atoms with Crippen LogP contribution in [0, 0.1) is 10.1 Å². The fourth-order valence-corrected chi connectivity index (χ4v) is 1.75. The Balaban J connectivity index is 3.04. The van der Waals surface area contributed by atoms with Crippen molar-refractivity contribution in [1.29, 1.82) is 0 Å². The van der Waals surface area contributed by atoms with Crippen LogP contribution in [0.1, 0.15) is 5.56 Å². The van der Waals surface area contributed by atoms with Crippen molar-refractivity contribution < 1.29 is 14.8 Å². The molecule has 0 fully saturated rings. The maximum Gasteiger partial charge on any atom is 0.328 e. The molecule has 0 bridgehead atoms. The molecular formula is C14H19N3O4. The number of nitro groups is 1. The molecule has 0 aliphatic rings. The zero-order valence-corrected chi connectivity index (χ0v) is 12.3. The van der Waals surface area contributed by atoms with Gasteiger partial charge in [0.05, 0.1) is 4.92 Å². The second-order valence-corrected chi connectivity index (χ2v) is 4.90. The standard InChI is InChI=1S/C14H19N3O4/c1-15(2)8-9-16(3)12-6-4-11(5-7-14(18)19)10-13(12)17(20)21/h4-7,10H,8-9H2,1-3H3,(H,18,19). The largest absolute Gasteiger partial charge is 0.478 e. The molecule has 7 nitrogen and oxygen atoms in total. The third kappa shape index (κ3) is 5.23. The average molecular weight is 293 g/mol. The van der Waals surface area contributed by atoms with Crippen molar-refractivity contribution in [3.8, 4) is 0 Å². The lowest BCUT2D eigenvalue weighted by atomic mass is 10.1. The molecule has 1 N–H and O–H groups in total. The van der Waals surface area contributed by atoms with Crippen molar-refractivity contribution in [2.75, 3.05) is 39.1 Å². The number of carboxylic acids is 1. The number of nitro benzene ring substituents is 1. The van der Waals surface area contributed by atoms with Crippen LogP contribution in [0.4, 0.5) is 11.4 Å². The number of anilines is 1. The minimum atomic E-state index is -1.09. The highest BCUT2D eigenvalue weighted by Gasteiger charge is 2.17. The number of nitrogens with zero attached hydrogens (tertiary/aromatic N) is 3. The van der Waals surface area contributed by atoms with Gasteiger partial charge < -0.3 is 14.9 Å². The van der Waals surface area contributed by atoms with Crippen LogP contribution in [0.3, 0.4) is 0 Å². The second kappa shape index (κ2) is 7.39. The molecule has 0 spiro atoms. The van der Waals surface area contributed by atoms with E-state index >= 15 is 0 Å². The Morgan fingerprint density at radius 3 is 2.52 bits per heavy atom. The summed E-state index contributed by atoms with van der Waals surface area (Å²) in [7, 11) is 5.66. The van der Waals surface area contributed by atoms with E-state index in [-0.39, 0.29) is 5.69 Å². The highest BCUT2D eigenvalue weighted by molar-refractivity contribution is 5.85. The first-order valence-electron chi connectivity index (χ1n) is 6.36. The summed E-state index contributed by atoms with van der Waals surface area (Å²) in [5, 5.41) is 19.8. The molecule has 0 saturated heterocycles. The van der Waals surface area contributed by atoms with Gasteiger partial charge in [-0.15, -0.1) is 0 Å². The van der Waals surface area contributed by atoms with Crippen molar-refractivity contribution in [3.05, 3.63) is 40.0 Å². The third-order valence-corrected chi connectivity index (χ3v) is 2.91. The van der Waals surface area contributed by atoms with Crippen molar-refractivity contribution >= 4 is 23.4 Å². The van der Waals surface area contributed by atoms with E-state index in [9.17, 15) is 14.9 Å². The first-order valence-corrected chi connectivity index (χ1v) is 6.36. The Kier molecular flexibility index (Phi) is 5.86. The van der Waals surface area contributed by atoms with Crippen LogP contribution in [0.15, 0.2) is 24.3 Å². The van der Waals surface area contributed by atoms with Crippen LogP contribution in [-0.2, 0) is 4.79 Å². The first-order chi connectivity index (χ1) is 9.81. The van der Waals surface area contributed by atoms with Gasteiger partial charge >= 0.3 is 5.97 Å². The molecule has 0 heterocycles. The highest BCUT2D eigenvalue weighted by atomic mass is 16.6. The van der Waals surface area contributed by atoms with E-state index < -0.39 is 10.9 Å².